The van der Waals surface area contributed by atoms with E-state index in [4.69, 9.17) is 4.74 Å². The van der Waals surface area contributed by atoms with Crippen LogP contribution >= 0.6 is 0 Å². The normalized spacial score (nSPS) is 15.0. The van der Waals surface area contributed by atoms with Crippen LogP contribution in [0.25, 0.3) is 0 Å². The molecule has 0 radical (unpaired) electrons. The maximum absolute atomic E-state index is 12.2. The molecule has 0 aliphatic carbocycles. The standard InChI is InChI=1S/C19H24N4O2/c1-22-9-11-23(12-10-22)18-8-5-16(14-20-18)21-19(24)13-15-3-6-17(25-2)7-4-15/h3-8,14H,9-13H2,1-2H3,(H,21,24). The molecule has 0 unspecified atom stereocenters. The molecule has 1 fully saturated rings. The molecule has 6 heteroatoms. The third-order valence-corrected chi connectivity index (χ3v) is 4.38. The molecule has 1 saturated heterocycles. The molecule has 25 heavy (non-hydrogen) atoms. The molecule has 0 spiro atoms. The number of pyridine rings is 1. The number of ether oxygens (including phenoxy) is 1. The number of rotatable bonds is 5. The lowest BCUT2D eigenvalue weighted by atomic mass is 10.1. The fraction of sp³-hybridized carbons (Fsp3) is 0.368. The van der Waals surface area contributed by atoms with E-state index in [1.54, 1.807) is 13.3 Å². The first kappa shape index (κ1) is 17.2. The van der Waals surface area contributed by atoms with Crippen molar-refractivity contribution in [1.29, 1.82) is 0 Å². The number of benzene rings is 1. The summed E-state index contributed by atoms with van der Waals surface area (Å²) >= 11 is 0. The van der Waals surface area contributed by atoms with Crippen molar-refractivity contribution in [1.82, 2.24) is 9.88 Å². The van der Waals surface area contributed by atoms with Crippen molar-refractivity contribution >= 4 is 17.4 Å². The van der Waals surface area contributed by atoms with Crippen molar-refractivity contribution in [3.05, 3.63) is 48.2 Å². The summed E-state index contributed by atoms with van der Waals surface area (Å²) in [7, 11) is 3.76. The molecule has 1 N–H and O–H groups in total. The largest absolute Gasteiger partial charge is 0.497 e. The summed E-state index contributed by atoms with van der Waals surface area (Å²) in [6.45, 7) is 4.05. The van der Waals surface area contributed by atoms with Crippen LogP contribution in [0.3, 0.4) is 0 Å². The minimum absolute atomic E-state index is 0.0562. The smallest absolute Gasteiger partial charge is 0.228 e. The van der Waals surface area contributed by atoms with Crippen molar-refractivity contribution < 1.29 is 9.53 Å². The highest BCUT2D eigenvalue weighted by Gasteiger charge is 2.15. The van der Waals surface area contributed by atoms with Crippen LogP contribution < -0.4 is 15.0 Å². The number of likely N-dealkylation sites (N-methyl/N-ethyl adjacent to an activating group) is 1. The van der Waals surface area contributed by atoms with Crippen molar-refractivity contribution in [2.24, 2.45) is 0 Å². The molecule has 132 valence electrons. The molecule has 6 nitrogen and oxygen atoms in total. The first-order valence-electron chi connectivity index (χ1n) is 8.46. The van der Waals surface area contributed by atoms with Gasteiger partial charge < -0.3 is 19.9 Å². The van der Waals surface area contributed by atoms with Crippen molar-refractivity contribution in [2.75, 3.05) is 50.6 Å². The van der Waals surface area contributed by atoms with Gasteiger partial charge in [0, 0.05) is 26.2 Å². The number of nitrogens with one attached hydrogen (secondary N) is 1. The van der Waals surface area contributed by atoms with Crippen LogP contribution in [-0.4, -0.2) is 56.1 Å². The Morgan fingerprint density at radius 2 is 1.84 bits per heavy atom. The van der Waals surface area contributed by atoms with Gasteiger partial charge in [-0.1, -0.05) is 12.1 Å². The number of anilines is 2. The minimum atomic E-state index is -0.0562. The maximum Gasteiger partial charge on any atom is 0.228 e. The van der Waals surface area contributed by atoms with E-state index in [9.17, 15) is 4.79 Å². The van der Waals surface area contributed by atoms with Gasteiger partial charge >= 0.3 is 0 Å². The Hall–Kier alpha value is -2.60. The van der Waals surface area contributed by atoms with E-state index < -0.39 is 0 Å². The molecular weight excluding hydrogens is 316 g/mol. The van der Waals surface area contributed by atoms with Crippen molar-refractivity contribution in [3.63, 3.8) is 0 Å². The summed E-state index contributed by atoms with van der Waals surface area (Å²) < 4.78 is 5.12. The van der Waals surface area contributed by atoms with Gasteiger partial charge in [-0.25, -0.2) is 4.98 Å². The molecule has 0 atom stereocenters. The zero-order chi connectivity index (χ0) is 17.6. The van der Waals surface area contributed by atoms with Gasteiger partial charge in [0.15, 0.2) is 0 Å². The number of piperazine rings is 1. The lowest BCUT2D eigenvalue weighted by Gasteiger charge is -2.33. The highest BCUT2D eigenvalue weighted by Crippen LogP contribution is 2.16. The highest BCUT2D eigenvalue weighted by atomic mass is 16.5. The Balaban J connectivity index is 1.54. The van der Waals surface area contributed by atoms with Crippen LogP contribution in [0, 0.1) is 0 Å². The van der Waals surface area contributed by atoms with Crippen LogP contribution in [0.5, 0.6) is 5.75 Å². The molecular formula is C19H24N4O2. The van der Waals surface area contributed by atoms with Gasteiger partial charge in [0.25, 0.3) is 0 Å². The zero-order valence-corrected chi connectivity index (χ0v) is 14.7. The number of aromatic nitrogens is 1. The fourth-order valence-corrected chi connectivity index (χ4v) is 2.82. The number of hydrogen-bond acceptors (Lipinski definition) is 5. The van der Waals surface area contributed by atoms with E-state index in [0.29, 0.717) is 6.42 Å². The quantitative estimate of drug-likeness (QED) is 0.902. The number of carbonyl (C=O) groups is 1. The van der Waals surface area contributed by atoms with Gasteiger partial charge in [0.05, 0.1) is 25.4 Å². The summed E-state index contributed by atoms with van der Waals surface area (Å²) in [5.41, 5.74) is 1.66. The lowest BCUT2D eigenvalue weighted by molar-refractivity contribution is -0.115. The summed E-state index contributed by atoms with van der Waals surface area (Å²) in [5, 5.41) is 2.90. The van der Waals surface area contributed by atoms with Crippen LogP contribution in [0.1, 0.15) is 5.56 Å². The Kier molecular flexibility index (Phi) is 5.50. The van der Waals surface area contributed by atoms with Gasteiger partial charge in [-0.05, 0) is 36.9 Å². The number of hydrogen-bond donors (Lipinski definition) is 1. The van der Waals surface area contributed by atoms with Crippen LogP contribution in [-0.2, 0) is 11.2 Å². The molecule has 1 amide bonds. The second-order valence-corrected chi connectivity index (χ2v) is 6.27. The van der Waals surface area contributed by atoms with E-state index in [2.05, 4.69) is 27.1 Å². The average Bonchev–Trinajstić information content (AvgIpc) is 2.64. The molecule has 3 rings (SSSR count). The van der Waals surface area contributed by atoms with E-state index in [1.807, 2.05) is 36.4 Å². The molecule has 2 heterocycles. The second kappa shape index (κ2) is 7.98. The van der Waals surface area contributed by atoms with E-state index in [1.165, 1.54) is 0 Å². The first-order chi connectivity index (χ1) is 12.1. The summed E-state index contributed by atoms with van der Waals surface area (Å²) in [6.07, 6.45) is 2.05. The molecule has 1 aliphatic rings. The number of carbonyl (C=O) groups excluding carboxylic acids is 1. The monoisotopic (exact) mass is 340 g/mol. The number of amides is 1. The predicted molar refractivity (Wildman–Crippen MR) is 99.3 cm³/mol. The van der Waals surface area contributed by atoms with Crippen molar-refractivity contribution in [3.8, 4) is 5.75 Å². The predicted octanol–water partition coefficient (Wildman–Crippen LogP) is 2.02. The molecule has 1 aromatic carbocycles. The van der Waals surface area contributed by atoms with Gasteiger partial charge in [-0.2, -0.15) is 0 Å². The second-order valence-electron chi connectivity index (χ2n) is 6.27. The molecule has 1 aliphatic heterocycles. The molecule has 2 aromatic rings. The fourth-order valence-electron chi connectivity index (χ4n) is 2.82. The Morgan fingerprint density at radius 1 is 1.12 bits per heavy atom. The summed E-state index contributed by atoms with van der Waals surface area (Å²) in [4.78, 5) is 21.2. The van der Waals surface area contributed by atoms with Gasteiger partial charge in [-0.3, -0.25) is 4.79 Å². The third-order valence-electron chi connectivity index (χ3n) is 4.38. The first-order valence-corrected chi connectivity index (χ1v) is 8.46. The molecule has 0 saturated carbocycles. The van der Waals surface area contributed by atoms with Crippen LogP contribution in [0.4, 0.5) is 11.5 Å². The summed E-state index contributed by atoms with van der Waals surface area (Å²) in [5.74, 6) is 1.69. The molecule has 1 aromatic heterocycles. The maximum atomic E-state index is 12.2. The van der Waals surface area contributed by atoms with Crippen LogP contribution in [0.15, 0.2) is 42.6 Å². The van der Waals surface area contributed by atoms with E-state index in [0.717, 1.165) is 49.0 Å². The summed E-state index contributed by atoms with van der Waals surface area (Å²) in [6, 6.07) is 11.4. The Bertz CT molecular complexity index is 692. The van der Waals surface area contributed by atoms with Gasteiger partial charge in [-0.15, -0.1) is 0 Å². The van der Waals surface area contributed by atoms with Crippen molar-refractivity contribution in [2.45, 2.75) is 6.42 Å². The molecule has 0 bridgehead atoms. The van der Waals surface area contributed by atoms with Gasteiger partial charge in [0.1, 0.15) is 11.6 Å². The number of nitrogens with zero attached hydrogens (tertiary/aromatic N) is 3. The Labute approximate surface area is 148 Å². The average molecular weight is 340 g/mol. The lowest BCUT2D eigenvalue weighted by Crippen LogP contribution is -2.44. The van der Waals surface area contributed by atoms with E-state index >= 15 is 0 Å². The van der Waals surface area contributed by atoms with Gasteiger partial charge in [0.2, 0.25) is 5.91 Å². The number of methoxy groups -OCH3 is 1. The Morgan fingerprint density at radius 3 is 2.44 bits per heavy atom. The van der Waals surface area contributed by atoms with Crippen LogP contribution in [0.2, 0.25) is 0 Å². The SMILES string of the molecule is COc1ccc(CC(=O)Nc2ccc(N3CCN(C)CC3)nc2)cc1. The highest BCUT2D eigenvalue weighted by molar-refractivity contribution is 5.92. The zero-order valence-electron chi connectivity index (χ0n) is 14.7. The minimum Gasteiger partial charge on any atom is -0.497 e. The van der Waals surface area contributed by atoms with E-state index in [-0.39, 0.29) is 5.91 Å². The third kappa shape index (κ3) is 4.70. The topological polar surface area (TPSA) is 57.7 Å².